The minimum Gasteiger partial charge on any atom is -0.383 e. The second-order valence-electron chi connectivity index (χ2n) is 4.58. The Hall–Kier alpha value is -2.47. The van der Waals surface area contributed by atoms with Crippen LogP contribution in [-0.4, -0.2) is 19.7 Å². The first-order valence-electron chi connectivity index (χ1n) is 6.16. The summed E-state index contributed by atoms with van der Waals surface area (Å²) in [4.78, 5) is 9.42. The van der Waals surface area contributed by atoms with E-state index >= 15 is 0 Å². The Balaban J connectivity index is 2.07. The zero-order valence-corrected chi connectivity index (χ0v) is 11.6. The van der Waals surface area contributed by atoms with Crippen LogP contribution in [0.3, 0.4) is 0 Å². The summed E-state index contributed by atoms with van der Waals surface area (Å²) in [6, 6.07) is 10.4. The number of thiophene rings is 1. The number of anilines is 1. The van der Waals surface area contributed by atoms with Gasteiger partial charge in [-0.3, -0.25) is 0 Å². The second kappa shape index (κ2) is 4.01. The number of fused-ring (bicyclic) bond motifs is 2. The van der Waals surface area contributed by atoms with Gasteiger partial charge < -0.3 is 5.73 Å². The molecule has 0 aliphatic carbocycles. The molecule has 98 valence electrons. The molecule has 0 aliphatic heterocycles. The molecule has 0 radical (unpaired) electrons. The van der Waals surface area contributed by atoms with Crippen LogP contribution >= 0.6 is 11.3 Å². The molecule has 0 aliphatic rings. The summed E-state index contributed by atoms with van der Waals surface area (Å²) in [5.74, 6) is 0.468. The molecule has 5 nitrogen and oxygen atoms in total. The van der Waals surface area contributed by atoms with Gasteiger partial charge in [-0.2, -0.15) is 5.10 Å². The Kier molecular flexibility index (Phi) is 2.28. The van der Waals surface area contributed by atoms with Crippen molar-refractivity contribution < 1.29 is 0 Å². The number of aromatic nitrogens is 4. The van der Waals surface area contributed by atoms with E-state index in [9.17, 15) is 0 Å². The van der Waals surface area contributed by atoms with E-state index in [1.807, 2.05) is 19.2 Å². The normalized spacial score (nSPS) is 11.4. The molecule has 6 heteroatoms. The molecule has 1 aromatic carbocycles. The van der Waals surface area contributed by atoms with Gasteiger partial charge in [0, 0.05) is 11.7 Å². The fourth-order valence-corrected chi connectivity index (χ4v) is 3.43. The Morgan fingerprint density at radius 2 is 2.05 bits per heavy atom. The lowest BCUT2D eigenvalue weighted by Crippen LogP contribution is -1.95. The molecule has 3 aromatic heterocycles. The van der Waals surface area contributed by atoms with Crippen LogP contribution in [-0.2, 0) is 7.05 Å². The van der Waals surface area contributed by atoms with Crippen molar-refractivity contribution in [1.29, 1.82) is 0 Å². The van der Waals surface area contributed by atoms with Gasteiger partial charge in [0.05, 0.1) is 10.3 Å². The monoisotopic (exact) mass is 281 g/mol. The standard InChI is InChI=1S/C14H11N5S/c1-19-14-11(13(15)16-7-17-14)12(18-19)10-6-8-4-2-3-5-9(8)20-10/h2-7H,1H3,(H2,15,16,17). The molecular weight excluding hydrogens is 270 g/mol. The molecule has 0 atom stereocenters. The van der Waals surface area contributed by atoms with Crippen LogP contribution in [0.1, 0.15) is 0 Å². The maximum atomic E-state index is 6.00. The third-order valence-electron chi connectivity index (χ3n) is 3.31. The van der Waals surface area contributed by atoms with Crippen LogP contribution in [0.15, 0.2) is 36.7 Å². The van der Waals surface area contributed by atoms with E-state index < -0.39 is 0 Å². The average Bonchev–Trinajstić information content (AvgIpc) is 3.01. The van der Waals surface area contributed by atoms with Crippen molar-refractivity contribution in [3.63, 3.8) is 0 Å². The van der Waals surface area contributed by atoms with Crippen molar-refractivity contribution in [3.8, 4) is 10.6 Å². The van der Waals surface area contributed by atoms with Crippen molar-refractivity contribution in [2.24, 2.45) is 7.05 Å². The van der Waals surface area contributed by atoms with Gasteiger partial charge in [0.1, 0.15) is 17.8 Å². The van der Waals surface area contributed by atoms with Crippen LogP contribution in [0.2, 0.25) is 0 Å². The van der Waals surface area contributed by atoms with Crippen molar-refractivity contribution in [3.05, 3.63) is 36.7 Å². The first-order chi connectivity index (χ1) is 9.74. The Bertz CT molecular complexity index is 904. The number of nitrogens with two attached hydrogens (primary N) is 1. The zero-order chi connectivity index (χ0) is 13.7. The number of hydrogen-bond acceptors (Lipinski definition) is 5. The summed E-state index contributed by atoms with van der Waals surface area (Å²) in [6.45, 7) is 0. The van der Waals surface area contributed by atoms with E-state index in [0.717, 1.165) is 21.6 Å². The first kappa shape index (κ1) is 11.4. The van der Waals surface area contributed by atoms with Crippen LogP contribution in [0.4, 0.5) is 5.82 Å². The number of aryl methyl sites for hydroxylation is 1. The molecule has 4 aromatic rings. The maximum absolute atomic E-state index is 6.00. The van der Waals surface area contributed by atoms with Gasteiger partial charge in [0.2, 0.25) is 0 Å². The second-order valence-corrected chi connectivity index (χ2v) is 5.66. The molecule has 0 saturated heterocycles. The molecule has 0 spiro atoms. The predicted octanol–water partition coefficient (Wildman–Crippen LogP) is 2.83. The summed E-state index contributed by atoms with van der Waals surface area (Å²) in [6.07, 6.45) is 1.47. The molecule has 0 saturated carbocycles. The fraction of sp³-hybridized carbons (Fsp3) is 0.0714. The van der Waals surface area contributed by atoms with E-state index in [4.69, 9.17) is 5.73 Å². The smallest absolute Gasteiger partial charge is 0.163 e. The summed E-state index contributed by atoms with van der Waals surface area (Å²) >= 11 is 1.70. The minimum atomic E-state index is 0.468. The van der Waals surface area contributed by atoms with Crippen LogP contribution in [0.25, 0.3) is 31.7 Å². The van der Waals surface area contributed by atoms with Gasteiger partial charge >= 0.3 is 0 Å². The lowest BCUT2D eigenvalue weighted by molar-refractivity contribution is 0.789. The molecule has 20 heavy (non-hydrogen) atoms. The van der Waals surface area contributed by atoms with Gasteiger partial charge in [-0.1, -0.05) is 18.2 Å². The highest BCUT2D eigenvalue weighted by Gasteiger charge is 2.16. The van der Waals surface area contributed by atoms with Crippen LogP contribution in [0.5, 0.6) is 0 Å². The SMILES string of the molecule is Cn1nc(-c2cc3ccccc3s2)c2c(N)ncnc21. The molecule has 0 unspecified atom stereocenters. The minimum absolute atomic E-state index is 0.468. The average molecular weight is 281 g/mol. The molecule has 2 N–H and O–H groups in total. The highest BCUT2D eigenvalue weighted by atomic mass is 32.1. The fourth-order valence-electron chi connectivity index (χ4n) is 2.38. The van der Waals surface area contributed by atoms with Crippen molar-refractivity contribution in [2.75, 3.05) is 5.73 Å². The predicted molar refractivity (Wildman–Crippen MR) is 81.5 cm³/mol. The highest BCUT2D eigenvalue weighted by molar-refractivity contribution is 7.22. The lowest BCUT2D eigenvalue weighted by Gasteiger charge is -1.95. The number of hydrogen-bond donors (Lipinski definition) is 1. The molecule has 0 bridgehead atoms. The van der Waals surface area contributed by atoms with Gasteiger partial charge in [-0.25, -0.2) is 14.6 Å². The quantitative estimate of drug-likeness (QED) is 0.582. The van der Waals surface area contributed by atoms with Gasteiger partial charge in [0.15, 0.2) is 5.65 Å². The largest absolute Gasteiger partial charge is 0.383 e. The number of rotatable bonds is 1. The van der Waals surface area contributed by atoms with Crippen molar-refractivity contribution in [2.45, 2.75) is 0 Å². The maximum Gasteiger partial charge on any atom is 0.163 e. The van der Waals surface area contributed by atoms with E-state index in [0.29, 0.717) is 5.82 Å². The zero-order valence-electron chi connectivity index (χ0n) is 10.7. The first-order valence-corrected chi connectivity index (χ1v) is 6.98. The summed E-state index contributed by atoms with van der Waals surface area (Å²) in [5, 5.41) is 6.59. The van der Waals surface area contributed by atoms with Crippen LogP contribution in [0, 0.1) is 0 Å². The van der Waals surface area contributed by atoms with Crippen molar-refractivity contribution >= 4 is 38.3 Å². The van der Waals surface area contributed by atoms with E-state index in [2.05, 4.69) is 33.3 Å². The molecule has 0 fully saturated rings. The van der Waals surface area contributed by atoms with Crippen LogP contribution < -0.4 is 5.73 Å². The van der Waals surface area contributed by atoms with Gasteiger partial charge in [-0.15, -0.1) is 11.3 Å². The Labute approximate surface area is 118 Å². The summed E-state index contributed by atoms with van der Waals surface area (Å²) in [7, 11) is 1.87. The Morgan fingerprint density at radius 3 is 2.90 bits per heavy atom. The number of nitrogens with zero attached hydrogens (tertiary/aromatic N) is 4. The van der Waals surface area contributed by atoms with E-state index in [-0.39, 0.29) is 0 Å². The lowest BCUT2D eigenvalue weighted by atomic mass is 10.2. The highest BCUT2D eigenvalue weighted by Crippen LogP contribution is 2.37. The van der Waals surface area contributed by atoms with Gasteiger partial charge in [0.25, 0.3) is 0 Å². The molecular formula is C14H11N5S. The van der Waals surface area contributed by atoms with Crippen molar-refractivity contribution in [1.82, 2.24) is 19.7 Å². The molecule has 4 rings (SSSR count). The topological polar surface area (TPSA) is 69.6 Å². The van der Waals surface area contributed by atoms with Gasteiger partial charge in [-0.05, 0) is 17.5 Å². The summed E-state index contributed by atoms with van der Waals surface area (Å²) in [5.41, 5.74) is 7.61. The van der Waals surface area contributed by atoms with E-state index in [1.165, 1.54) is 16.4 Å². The summed E-state index contributed by atoms with van der Waals surface area (Å²) < 4.78 is 2.98. The molecule has 0 amide bonds. The Morgan fingerprint density at radius 1 is 1.20 bits per heavy atom. The molecule has 3 heterocycles. The number of benzene rings is 1. The number of nitrogen functional groups attached to an aromatic ring is 1. The van der Waals surface area contributed by atoms with E-state index in [1.54, 1.807) is 16.0 Å². The third-order valence-corrected chi connectivity index (χ3v) is 4.43. The third kappa shape index (κ3) is 1.51.